The zero-order valence-electron chi connectivity index (χ0n) is 11.8. The zero-order valence-corrected chi connectivity index (χ0v) is 11.8. The lowest BCUT2D eigenvalue weighted by molar-refractivity contribution is -0.162. The van der Waals surface area contributed by atoms with Crippen molar-refractivity contribution in [2.24, 2.45) is 17.8 Å². The molecule has 0 bridgehead atoms. The van der Waals surface area contributed by atoms with Gasteiger partial charge in [0.25, 0.3) is 0 Å². The molecule has 6 atom stereocenters. The van der Waals surface area contributed by atoms with Gasteiger partial charge in [-0.25, -0.2) is 4.79 Å². The molecule has 1 aliphatic carbocycles. The molecular formula is C15H16O6. The van der Waals surface area contributed by atoms with E-state index in [9.17, 15) is 9.59 Å². The highest BCUT2D eigenvalue weighted by molar-refractivity contribution is 5.90. The monoisotopic (exact) mass is 292 g/mol. The van der Waals surface area contributed by atoms with Crippen LogP contribution in [0.4, 0.5) is 0 Å². The summed E-state index contributed by atoms with van der Waals surface area (Å²) in [6.45, 7) is 1.94. The molecule has 21 heavy (non-hydrogen) atoms. The summed E-state index contributed by atoms with van der Waals surface area (Å²) in [5.74, 6) is -1.38. The fourth-order valence-electron chi connectivity index (χ4n) is 4.03. The van der Waals surface area contributed by atoms with Crippen molar-refractivity contribution >= 4 is 11.9 Å². The number of carbonyl (C=O) groups excluding carboxylic acids is 2. The molecule has 0 aromatic rings. The summed E-state index contributed by atoms with van der Waals surface area (Å²) < 4.78 is 22.0. The zero-order chi connectivity index (χ0) is 14.8. The molecule has 4 rings (SSSR count). The van der Waals surface area contributed by atoms with Crippen molar-refractivity contribution in [1.82, 2.24) is 0 Å². The van der Waals surface area contributed by atoms with E-state index >= 15 is 0 Å². The van der Waals surface area contributed by atoms with Gasteiger partial charge >= 0.3 is 11.9 Å². The van der Waals surface area contributed by atoms with Crippen molar-refractivity contribution < 1.29 is 28.5 Å². The minimum absolute atomic E-state index is 0.204. The molecule has 3 heterocycles. The first-order chi connectivity index (χ1) is 10.1. The van der Waals surface area contributed by atoms with Gasteiger partial charge in [0.1, 0.15) is 6.10 Å². The van der Waals surface area contributed by atoms with Crippen LogP contribution in [0.3, 0.4) is 0 Å². The van der Waals surface area contributed by atoms with Gasteiger partial charge < -0.3 is 18.9 Å². The Morgan fingerprint density at radius 1 is 1.48 bits per heavy atom. The van der Waals surface area contributed by atoms with Crippen LogP contribution in [0.1, 0.15) is 13.3 Å². The number of ether oxygens (including phenoxy) is 4. The highest BCUT2D eigenvalue weighted by Crippen LogP contribution is 2.58. The summed E-state index contributed by atoms with van der Waals surface area (Å²) in [4.78, 5) is 23.9. The molecule has 1 spiro atoms. The van der Waals surface area contributed by atoms with Crippen LogP contribution in [0.15, 0.2) is 24.0 Å². The molecule has 6 heteroatoms. The van der Waals surface area contributed by atoms with Gasteiger partial charge in [-0.05, 0) is 12.5 Å². The predicted octanol–water partition coefficient (Wildman–Crippen LogP) is 0.922. The lowest BCUT2D eigenvalue weighted by Crippen LogP contribution is -2.43. The number of carbonyl (C=O) groups is 2. The molecular weight excluding hydrogens is 276 g/mol. The van der Waals surface area contributed by atoms with E-state index in [1.807, 2.05) is 19.1 Å². The van der Waals surface area contributed by atoms with E-state index < -0.39 is 17.9 Å². The standard InChI is InChI=1S/C15H16O6/c1-3-7-11-15(21-13(7)17)5-4-8-9(12(16)18-2)6-19-14(20-11)10(8)15/h4-8,10-11,14H,3H2,1-2H3/t7-,8+,10+,11-,14+,15-/m0/s1. The first kappa shape index (κ1) is 12.9. The molecule has 0 amide bonds. The molecule has 6 nitrogen and oxygen atoms in total. The molecule has 112 valence electrons. The van der Waals surface area contributed by atoms with Crippen molar-refractivity contribution in [2.75, 3.05) is 7.11 Å². The molecule has 4 aliphatic rings. The number of methoxy groups -OCH3 is 1. The first-order valence-corrected chi connectivity index (χ1v) is 7.14. The van der Waals surface area contributed by atoms with Gasteiger partial charge in [-0.3, -0.25) is 4.79 Å². The number of esters is 2. The summed E-state index contributed by atoms with van der Waals surface area (Å²) in [7, 11) is 1.33. The van der Waals surface area contributed by atoms with Gasteiger partial charge in [-0.1, -0.05) is 13.0 Å². The maximum absolute atomic E-state index is 12.1. The Balaban J connectivity index is 1.74. The maximum Gasteiger partial charge on any atom is 0.337 e. The van der Waals surface area contributed by atoms with E-state index in [-0.39, 0.29) is 29.8 Å². The normalized spacial score (nSPS) is 45.5. The number of hydrogen-bond acceptors (Lipinski definition) is 6. The summed E-state index contributed by atoms with van der Waals surface area (Å²) in [6.07, 6.45) is 4.99. The number of rotatable bonds is 2. The highest BCUT2D eigenvalue weighted by atomic mass is 16.7. The second-order valence-electron chi connectivity index (χ2n) is 5.83. The van der Waals surface area contributed by atoms with E-state index in [2.05, 4.69) is 0 Å². The summed E-state index contributed by atoms with van der Waals surface area (Å²) in [5.41, 5.74) is -0.368. The maximum atomic E-state index is 12.1. The van der Waals surface area contributed by atoms with Gasteiger partial charge in [0, 0.05) is 5.92 Å². The Bertz CT molecular complexity index is 579. The summed E-state index contributed by atoms with van der Waals surface area (Å²) in [6, 6.07) is 0. The smallest absolute Gasteiger partial charge is 0.337 e. The molecule has 0 saturated carbocycles. The molecule has 3 aliphatic heterocycles. The SMILES string of the molecule is CC[C@@H]1C(=O)O[C@]23C=C[C@@H]4C(C(=O)OC)=CO[C@H](O[C@@H]12)[C@@H]43. The average Bonchev–Trinajstić information content (AvgIpc) is 3.08. The molecule has 0 N–H and O–H groups in total. The van der Waals surface area contributed by atoms with Crippen molar-refractivity contribution in [3.05, 3.63) is 24.0 Å². The Kier molecular flexibility index (Phi) is 2.52. The van der Waals surface area contributed by atoms with Crippen LogP contribution in [0.25, 0.3) is 0 Å². The van der Waals surface area contributed by atoms with Crippen LogP contribution in [0.5, 0.6) is 0 Å². The molecule has 0 radical (unpaired) electrons. The molecule has 2 saturated heterocycles. The molecule has 0 aromatic heterocycles. The van der Waals surface area contributed by atoms with E-state index in [1.54, 1.807) is 0 Å². The van der Waals surface area contributed by atoms with E-state index in [0.29, 0.717) is 12.0 Å². The van der Waals surface area contributed by atoms with Gasteiger partial charge in [-0.2, -0.15) is 0 Å². The number of allylic oxidation sites excluding steroid dienone is 1. The van der Waals surface area contributed by atoms with Crippen molar-refractivity contribution in [3.63, 3.8) is 0 Å². The minimum Gasteiger partial charge on any atom is -0.471 e. The van der Waals surface area contributed by atoms with E-state index in [0.717, 1.165) is 0 Å². The lowest BCUT2D eigenvalue weighted by atomic mass is 9.77. The fraction of sp³-hybridized carbons (Fsp3) is 0.600. The largest absolute Gasteiger partial charge is 0.471 e. The second kappa shape index (κ2) is 4.10. The quantitative estimate of drug-likeness (QED) is 0.557. The topological polar surface area (TPSA) is 71.1 Å². The van der Waals surface area contributed by atoms with Crippen molar-refractivity contribution in [1.29, 1.82) is 0 Å². The third-order valence-electron chi connectivity index (χ3n) is 4.99. The average molecular weight is 292 g/mol. The van der Waals surface area contributed by atoms with E-state index in [4.69, 9.17) is 18.9 Å². The van der Waals surface area contributed by atoms with E-state index in [1.165, 1.54) is 13.4 Å². The predicted molar refractivity (Wildman–Crippen MR) is 68.6 cm³/mol. The van der Waals surface area contributed by atoms with Crippen LogP contribution in [0, 0.1) is 17.8 Å². The lowest BCUT2D eigenvalue weighted by Gasteiger charge is -2.32. The first-order valence-electron chi connectivity index (χ1n) is 7.14. The van der Waals surface area contributed by atoms with Crippen molar-refractivity contribution in [3.8, 4) is 0 Å². The molecule has 0 aromatic carbocycles. The fourth-order valence-corrected chi connectivity index (χ4v) is 4.03. The van der Waals surface area contributed by atoms with Gasteiger partial charge in [0.2, 0.25) is 6.29 Å². The van der Waals surface area contributed by atoms with Crippen LogP contribution in [-0.4, -0.2) is 37.0 Å². The third-order valence-corrected chi connectivity index (χ3v) is 4.99. The Morgan fingerprint density at radius 3 is 3.00 bits per heavy atom. The van der Waals surface area contributed by atoms with Crippen molar-refractivity contribution in [2.45, 2.75) is 31.3 Å². The summed E-state index contributed by atoms with van der Waals surface area (Å²) in [5, 5.41) is 0. The Labute approximate surface area is 121 Å². The second-order valence-corrected chi connectivity index (χ2v) is 5.83. The third kappa shape index (κ3) is 1.41. The van der Waals surface area contributed by atoms with Gasteiger partial charge in [-0.15, -0.1) is 0 Å². The highest BCUT2D eigenvalue weighted by Gasteiger charge is 2.71. The Hall–Kier alpha value is -1.82. The minimum atomic E-state index is -0.805. The van der Waals surface area contributed by atoms with Crippen LogP contribution in [-0.2, 0) is 28.5 Å². The van der Waals surface area contributed by atoms with Gasteiger partial charge in [0.15, 0.2) is 5.60 Å². The molecule has 2 fully saturated rings. The number of hydrogen-bond donors (Lipinski definition) is 0. The Morgan fingerprint density at radius 2 is 2.29 bits per heavy atom. The molecule has 0 unspecified atom stereocenters. The van der Waals surface area contributed by atoms with Crippen LogP contribution in [0.2, 0.25) is 0 Å². The van der Waals surface area contributed by atoms with Crippen LogP contribution >= 0.6 is 0 Å². The van der Waals surface area contributed by atoms with Gasteiger partial charge in [0.05, 0.1) is 30.8 Å². The summed E-state index contributed by atoms with van der Waals surface area (Å²) >= 11 is 0. The van der Waals surface area contributed by atoms with Crippen LogP contribution < -0.4 is 0 Å².